The molecule has 2 atom stereocenters. The van der Waals surface area contributed by atoms with Crippen LogP contribution >= 0.6 is 0 Å². The Hall–Kier alpha value is -1.42. The summed E-state index contributed by atoms with van der Waals surface area (Å²) in [4.78, 5) is 21.4. The van der Waals surface area contributed by atoms with E-state index in [0.29, 0.717) is 12.1 Å². The van der Waals surface area contributed by atoms with Crippen molar-refractivity contribution in [3.05, 3.63) is 30.1 Å². The Bertz CT molecular complexity index is 462. The Balaban J connectivity index is 1.77. The fraction of sp³-hybridized carbons (Fsp3) is 0.625. The summed E-state index contributed by atoms with van der Waals surface area (Å²) in [6.07, 6.45) is 8.18. The zero-order chi connectivity index (χ0) is 13.9. The topological polar surface area (TPSA) is 36.4 Å². The van der Waals surface area contributed by atoms with Gasteiger partial charge < -0.3 is 4.90 Å². The highest BCUT2D eigenvalue weighted by atomic mass is 16.2. The lowest BCUT2D eigenvalue weighted by molar-refractivity contribution is 0.0649. The second-order valence-corrected chi connectivity index (χ2v) is 5.79. The van der Waals surface area contributed by atoms with Crippen LogP contribution in [-0.2, 0) is 0 Å². The highest BCUT2D eigenvalue weighted by molar-refractivity contribution is 5.94. The van der Waals surface area contributed by atoms with Gasteiger partial charge in [0.05, 0.1) is 5.56 Å². The number of carbonyl (C=O) groups is 1. The average molecular weight is 273 g/mol. The molecule has 0 bridgehead atoms. The Morgan fingerprint density at radius 1 is 1.30 bits per heavy atom. The fourth-order valence-electron chi connectivity index (χ4n) is 3.78. The fourth-order valence-corrected chi connectivity index (χ4v) is 3.78. The molecular weight excluding hydrogens is 250 g/mol. The first-order chi connectivity index (χ1) is 9.81. The van der Waals surface area contributed by atoms with Gasteiger partial charge in [-0.1, -0.05) is 6.92 Å². The Morgan fingerprint density at radius 2 is 2.10 bits per heavy atom. The maximum Gasteiger partial charge on any atom is 0.255 e. The van der Waals surface area contributed by atoms with Crippen LogP contribution in [0.3, 0.4) is 0 Å². The highest BCUT2D eigenvalue weighted by Gasteiger charge is 2.39. The summed E-state index contributed by atoms with van der Waals surface area (Å²) in [7, 11) is 0. The van der Waals surface area contributed by atoms with Crippen LogP contribution in [0.15, 0.2) is 24.5 Å². The van der Waals surface area contributed by atoms with Gasteiger partial charge in [0.25, 0.3) is 5.91 Å². The standard InChI is InChI=1S/C16H23N3O/c1-2-18-10-4-7-14(18)15-8-5-11-19(15)16(20)13-6-3-9-17-12-13/h3,6,9,12,14-15H,2,4-5,7-8,10-11H2,1H3/t14-,15-/m1/s1. The number of nitrogens with zero attached hydrogens (tertiary/aromatic N) is 3. The normalized spacial score (nSPS) is 27.1. The SMILES string of the molecule is CCN1CCC[C@@H]1[C@H]1CCCN1C(=O)c1cccnc1. The first kappa shape index (κ1) is 13.6. The second kappa shape index (κ2) is 5.92. The Labute approximate surface area is 120 Å². The molecule has 2 aliphatic rings. The molecule has 3 rings (SSSR count). The maximum atomic E-state index is 12.7. The van der Waals surface area contributed by atoms with Crippen LogP contribution in [0.25, 0.3) is 0 Å². The van der Waals surface area contributed by atoms with Crippen molar-refractivity contribution >= 4 is 5.91 Å². The summed E-state index contributed by atoms with van der Waals surface area (Å²) in [5.41, 5.74) is 0.723. The van der Waals surface area contributed by atoms with Gasteiger partial charge in [0.1, 0.15) is 0 Å². The number of likely N-dealkylation sites (tertiary alicyclic amines) is 2. The Kier molecular flexibility index (Phi) is 4.01. The van der Waals surface area contributed by atoms with Crippen LogP contribution in [0.1, 0.15) is 43.0 Å². The van der Waals surface area contributed by atoms with Gasteiger partial charge in [-0.2, -0.15) is 0 Å². The molecule has 0 aromatic carbocycles. The maximum absolute atomic E-state index is 12.7. The number of carbonyl (C=O) groups excluding carboxylic acids is 1. The van der Waals surface area contributed by atoms with Crippen molar-refractivity contribution in [2.24, 2.45) is 0 Å². The van der Waals surface area contributed by atoms with E-state index in [1.165, 1.54) is 19.4 Å². The zero-order valence-corrected chi connectivity index (χ0v) is 12.2. The third-order valence-electron chi connectivity index (χ3n) is 4.73. The molecule has 1 aromatic heterocycles. The third-order valence-corrected chi connectivity index (χ3v) is 4.73. The minimum Gasteiger partial charge on any atom is -0.334 e. The molecule has 1 amide bonds. The molecule has 0 spiro atoms. The van der Waals surface area contributed by atoms with Crippen molar-refractivity contribution in [1.82, 2.24) is 14.8 Å². The molecule has 1 aromatic rings. The number of rotatable bonds is 3. The van der Waals surface area contributed by atoms with Crippen LogP contribution in [-0.4, -0.2) is 52.4 Å². The molecule has 2 saturated heterocycles. The van der Waals surface area contributed by atoms with E-state index in [2.05, 4.69) is 21.7 Å². The number of hydrogen-bond acceptors (Lipinski definition) is 3. The van der Waals surface area contributed by atoms with Crippen LogP contribution in [0.4, 0.5) is 0 Å². The molecule has 0 N–H and O–H groups in total. The van der Waals surface area contributed by atoms with Gasteiger partial charge in [-0.05, 0) is 50.9 Å². The molecule has 4 heteroatoms. The molecule has 4 nitrogen and oxygen atoms in total. The molecule has 20 heavy (non-hydrogen) atoms. The van der Waals surface area contributed by atoms with Gasteiger partial charge in [0, 0.05) is 31.0 Å². The van der Waals surface area contributed by atoms with E-state index >= 15 is 0 Å². The predicted molar refractivity (Wildman–Crippen MR) is 78.6 cm³/mol. The largest absolute Gasteiger partial charge is 0.334 e. The van der Waals surface area contributed by atoms with E-state index < -0.39 is 0 Å². The van der Waals surface area contributed by atoms with E-state index in [0.717, 1.165) is 31.5 Å². The number of pyridine rings is 1. The molecule has 108 valence electrons. The molecule has 2 fully saturated rings. The van der Waals surface area contributed by atoms with E-state index in [9.17, 15) is 4.79 Å². The van der Waals surface area contributed by atoms with Crippen molar-refractivity contribution < 1.29 is 4.79 Å². The minimum absolute atomic E-state index is 0.156. The molecular formula is C16H23N3O. The average Bonchev–Trinajstić information content (AvgIpc) is 3.15. The smallest absolute Gasteiger partial charge is 0.255 e. The molecule has 3 heterocycles. The minimum atomic E-state index is 0.156. The van der Waals surface area contributed by atoms with E-state index in [1.54, 1.807) is 12.4 Å². The zero-order valence-electron chi connectivity index (χ0n) is 12.2. The van der Waals surface area contributed by atoms with Gasteiger partial charge in [0.2, 0.25) is 0 Å². The lowest BCUT2D eigenvalue weighted by Crippen LogP contribution is -2.48. The van der Waals surface area contributed by atoms with Crippen LogP contribution < -0.4 is 0 Å². The van der Waals surface area contributed by atoms with Gasteiger partial charge in [-0.3, -0.25) is 14.7 Å². The summed E-state index contributed by atoms with van der Waals surface area (Å²) >= 11 is 0. The summed E-state index contributed by atoms with van der Waals surface area (Å²) < 4.78 is 0. The number of hydrogen-bond donors (Lipinski definition) is 0. The monoisotopic (exact) mass is 273 g/mol. The lowest BCUT2D eigenvalue weighted by atomic mass is 10.0. The van der Waals surface area contributed by atoms with Crippen LogP contribution in [0.5, 0.6) is 0 Å². The van der Waals surface area contributed by atoms with Crippen LogP contribution in [0.2, 0.25) is 0 Å². The number of aromatic nitrogens is 1. The van der Waals surface area contributed by atoms with Crippen molar-refractivity contribution in [2.75, 3.05) is 19.6 Å². The van der Waals surface area contributed by atoms with E-state index in [4.69, 9.17) is 0 Å². The van der Waals surface area contributed by atoms with Crippen LogP contribution in [0, 0.1) is 0 Å². The summed E-state index contributed by atoms with van der Waals surface area (Å²) in [5.74, 6) is 0.156. The van der Waals surface area contributed by atoms with Crippen molar-refractivity contribution in [1.29, 1.82) is 0 Å². The van der Waals surface area contributed by atoms with Gasteiger partial charge in [-0.25, -0.2) is 0 Å². The summed E-state index contributed by atoms with van der Waals surface area (Å²) in [6, 6.07) is 4.66. The molecule has 2 aliphatic heterocycles. The van der Waals surface area contributed by atoms with E-state index in [-0.39, 0.29) is 5.91 Å². The van der Waals surface area contributed by atoms with Crippen molar-refractivity contribution in [3.63, 3.8) is 0 Å². The molecule has 0 aliphatic carbocycles. The molecule has 0 unspecified atom stereocenters. The lowest BCUT2D eigenvalue weighted by Gasteiger charge is -2.34. The summed E-state index contributed by atoms with van der Waals surface area (Å²) in [5, 5.41) is 0. The van der Waals surface area contributed by atoms with Gasteiger partial charge in [-0.15, -0.1) is 0 Å². The highest BCUT2D eigenvalue weighted by Crippen LogP contribution is 2.30. The van der Waals surface area contributed by atoms with Crippen molar-refractivity contribution in [3.8, 4) is 0 Å². The molecule has 0 saturated carbocycles. The van der Waals surface area contributed by atoms with Crippen molar-refractivity contribution in [2.45, 2.75) is 44.7 Å². The second-order valence-electron chi connectivity index (χ2n) is 5.79. The Morgan fingerprint density at radius 3 is 2.85 bits per heavy atom. The van der Waals surface area contributed by atoms with Gasteiger partial charge >= 0.3 is 0 Å². The number of amides is 1. The molecule has 0 radical (unpaired) electrons. The van der Waals surface area contributed by atoms with E-state index in [1.807, 2.05) is 12.1 Å². The van der Waals surface area contributed by atoms with Gasteiger partial charge in [0.15, 0.2) is 0 Å². The number of likely N-dealkylation sites (N-methyl/N-ethyl adjacent to an activating group) is 1. The first-order valence-electron chi connectivity index (χ1n) is 7.76. The predicted octanol–water partition coefficient (Wildman–Crippen LogP) is 2.17. The first-order valence-corrected chi connectivity index (χ1v) is 7.76. The quantitative estimate of drug-likeness (QED) is 0.847. The summed E-state index contributed by atoms with van der Waals surface area (Å²) in [6.45, 7) is 5.40. The third kappa shape index (κ3) is 2.44.